The Hall–Kier alpha value is -1.16. The molecule has 0 aliphatic heterocycles. The zero-order valence-corrected chi connectivity index (χ0v) is 8.93. The van der Waals surface area contributed by atoms with E-state index in [-0.39, 0.29) is 5.91 Å². The SMILES string of the molecule is CSCCNc1ccc(C(N)=O)cc1. The van der Waals surface area contributed by atoms with Crippen LogP contribution in [0.3, 0.4) is 0 Å². The molecule has 0 heterocycles. The maximum atomic E-state index is 10.8. The summed E-state index contributed by atoms with van der Waals surface area (Å²) in [6.45, 7) is 0.928. The van der Waals surface area contributed by atoms with Gasteiger partial charge in [0.15, 0.2) is 0 Å². The molecule has 0 fully saturated rings. The molecule has 0 saturated carbocycles. The van der Waals surface area contributed by atoms with E-state index in [1.54, 1.807) is 23.9 Å². The predicted molar refractivity (Wildman–Crippen MR) is 61.8 cm³/mol. The summed E-state index contributed by atoms with van der Waals surface area (Å²) in [5, 5.41) is 3.24. The van der Waals surface area contributed by atoms with E-state index >= 15 is 0 Å². The molecule has 0 unspecified atom stereocenters. The van der Waals surface area contributed by atoms with Gasteiger partial charge in [0.25, 0.3) is 0 Å². The zero-order chi connectivity index (χ0) is 10.4. The first-order chi connectivity index (χ1) is 6.74. The Morgan fingerprint density at radius 1 is 1.43 bits per heavy atom. The second-order valence-electron chi connectivity index (χ2n) is 2.86. The lowest BCUT2D eigenvalue weighted by atomic mass is 10.2. The number of rotatable bonds is 5. The van der Waals surface area contributed by atoms with Crippen molar-refractivity contribution < 1.29 is 4.79 Å². The average Bonchev–Trinajstić information content (AvgIpc) is 2.19. The van der Waals surface area contributed by atoms with Gasteiger partial charge in [0.2, 0.25) is 5.91 Å². The minimum Gasteiger partial charge on any atom is -0.384 e. The summed E-state index contributed by atoms with van der Waals surface area (Å²) in [5.74, 6) is 0.679. The highest BCUT2D eigenvalue weighted by Gasteiger charge is 1.98. The van der Waals surface area contributed by atoms with Crippen LogP contribution in [-0.2, 0) is 0 Å². The molecule has 14 heavy (non-hydrogen) atoms. The molecule has 1 rings (SSSR count). The molecular formula is C10H14N2OS. The lowest BCUT2D eigenvalue weighted by Crippen LogP contribution is -2.11. The lowest BCUT2D eigenvalue weighted by molar-refractivity contribution is 0.100. The normalized spacial score (nSPS) is 9.79. The number of amides is 1. The molecular weight excluding hydrogens is 196 g/mol. The molecule has 1 amide bonds. The minimum absolute atomic E-state index is 0.388. The van der Waals surface area contributed by atoms with Crippen molar-refractivity contribution >= 4 is 23.4 Å². The van der Waals surface area contributed by atoms with Crippen molar-refractivity contribution in [2.75, 3.05) is 23.9 Å². The molecule has 1 aromatic rings. The highest BCUT2D eigenvalue weighted by molar-refractivity contribution is 7.98. The fourth-order valence-electron chi connectivity index (χ4n) is 1.05. The Kier molecular flexibility index (Phi) is 4.32. The third kappa shape index (κ3) is 3.30. The fourth-order valence-corrected chi connectivity index (χ4v) is 1.36. The topological polar surface area (TPSA) is 55.1 Å². The van der Waals surface area contributed by atoms with E-state index in [4.69, 9.17) is 5.73 Å². The number of thioether (sulfide) groups is 1. The van der Waals surface area contributed by atoms with Gasteiger partial charge in [-0.05, 0) is 30.5 Å². The lowest BCUT2D eigenvalue weighted by Gasteiger charge is -2.05. The Labute approximate surface area is 88.1 Å². The van der Waals surface area contributed by atoms with Crippen molar-refractivity contribution in [3.63, 3.8) is 0 Å². The number of primary amides is 1. The van der Waals surface area contributed by atoms with Crippen molar-refractivity contribution in [3.8, 4) is 0 Å². The second kappa shape index (κ2) is 5.54. The van der Waals surface area contributed by atoms with E-state index in [2.05, 4.69) is 11.6 Å². The highest BCUT2D eigenvalue weighted by Crippen LogP contribution is 2.08. The molecule has 0 bridgehead atoms. The van der Waals surface area contributed by atoms with Gasteiger partial charge in [-0.2, -0.15) is 11.8 Å². The van der Waals surface area contributed by atoms with Gasteiger partial charge in [0.05, 0.1) is 0 Å². The largest absolute Gasteiger partial charge is 0.384 e. The first kappa shape index (κ1) is 10.9. The van der Waals surface area contributed by atoms with Crippen LogP contribution in [0, 0.1) is 0 Å². The number of nitrogens with two attached hydrogens (primary N) is 1. The number of benzene rings is 1. The van der Waals surface area contributed by atoms with Crippen LogP contribution < -0.4 is 11.1 Å². The third-order valence-electron chi connectivity index (χ3n) is 1.80. The van der Waals surface area contributed by atoms with Gasteiger partial charge < -0.3 is 11.1 Å². The maximum Gasteiger partial charge on any atom is 0.248 e. The van der Waals surface area contributed by atoms with E-state index < -0.39 is 0 Å². The van der Waals surface area contributed by atoms with Crippen LogP contribution in [-0.4, -0.2) is 24.5 Å². The van der Waals surface area contributed by atoms with Crippen molar-refractivity contribution in [1.29, 1.82) is 0 Å². The molecule has 3 nitrogen and oxygen atoms in total. The van der Waals surface area contributed by atoms with E-state index in [0.29, 0.717) is 5.56 Å². The molecule has 0 aliphatic carbocycles. The summed E-state index contributed by atoms with van der Waals surface area (Å²) in [5.41, 5.74) is 6.68. The molecule has 0 aliphatic rings. The summed E-state index contributed by atoms with van der Waals surface area (Å²) in [4.78, 5) is 10.8. The molecule has 76 valence electrons. The van der Waals surface area contributed by atoms with Crippen LogP contribution in [0.2, 0.25) is 0 Å². The third-order valence-corrected chi connectivity index (χ3v) is 2.42. The van der Waals surface area contributed by atoms with E-state index in [9.17, 15) is 4.79 Å². The molecule has 0 aromatic heterocycles. The summed E-state index contributed by atoms with van der Waals surface area (Å²) in [6, 6.07) is 7.17. The summed E-state index contributed by atoms with van der Waals surface area (Å²) >= 11 is 1.79. The highest BCUT2D eigenvalue weighted by atomic mass is 32.2. The van der Waals surface area contributed by atoms with Gasteiger partial charge in [0.1, 0.15) is 0 Å². The summed E-state index contributed by atoms with van der Waals surface area (Å²) in [6.07, 6.45) is 2.07. The number of carbonyl (C=O) groups excluding carboxylic acids is 1. The smallest absolute Gasteiger partial charge is 0.248 e. The van der Waals surface area contributed by atoms with Crippen molar-refractivity contribution in [3.05, 3.63) is 29.8 Å². The predicted octanol–water partition coefficient (Wildman–Crippen LogP) is 1.56. The Morgan fingerprint density at radius 3 is 2.57 bits per heavy atom. The second-order valence-corrected chi connectivity index (χ2v) is 3.85. The number of nitrogens with one attached hydrogen (secondary N) is 1. The zero-order valence-electron chi connectivity index (χ0n) is 8.12. The van der Waals surface area contributed by atoms with Crippen LogP contribution >= 0.6 is 11.8 Å². The minimum atomic E-state index is -0.388. The van der Waals surface area contributed by atoms with Gasteiger partial charge in [0, 0.05) is 23.5 Å². The van der Waals surface area contributed by atoms with Crippen molar-refractivity contribution in [1.82, 2.24) is 0 Å². The summed E-state index contributed by atoms with van der Waals surface area (Å²) < 4.78 is 0. The number of hydrogen-bond donors (Lipinski definition) is 2. The standard InChI is InChI=1S/C10H14N2OS/c1-14-7-6-12-9-4-2-8(3-5-9)10(11)13/h2-5,12H,6-7H2,1H3,(H2,11,13). The van der Waals surface area contributed by atoms with Gasteiger partial charge in [-0.3, -0.25) is 4.79 Å². The maximum absolute atomic E-state index is 10.8. The molecule has 0 radical (unpaired) electrons. The Bertz CT molecular complexity index is 297. The molecule has 4 heteroatoms. The van der Waals surface area contributed by atoms with Crippen LogP contribution in [0.4, 0.5) is 5.69 Å². The average molecular weight is 210 g/mol. The first-order valence-electron chi connectivity index (χ1n) is 4.36. The fraction of sp³-hybridized carbons (Fsp3) is 0.300. The first-order valence-corrected chi connectivity index (χ1v) is 5.76. The van der Waals surface area contributed by atoms with Crippen LogP contribution in [0.5, 0.6) is 0 Å². The van der Waals surface area contributed by atoms with Crippen LogP contribution in [0.25, 0.3) is 0 Å². The molecule has 3 N–H and O–H groups in total. The monoisotopic (exact) mass is 210 g/mol. The van der Waals surface area contributed by atoms with Crippen molar-refractivity contribution in [2.24, 2.45) is 5.73 Å². The molecule has 0 saturated heterocycles. The molecule has 1 aromatic carbocycles. The van der Waals surface area contributed by atoms with Gasteiger partial charge in [-0.1, -0.05) is 0 Å². The van der Waals surface area contributed by atoms with Gasteiger partial charge >= 0.3 is 0 Å². The van der Waals surface area contributed by atoms with Gasteiger partial charge in [-0.25, -0.2) is 0 Å². The van der Waals surface area contributed by atoms with Crippen LogP contribution in [0.1, 0.15) is 10.4 Å². The van der Waals surface area contributed by atoms with E-state index in [1.165, 1.54) is 0 Å². The number of carbonyl (C=O) groups is 1. The quantitative estimate of drug-likeness (QED) is 0.725. The van der Waals surface area contributed by atoms with Crippen LogP contribution in [0.15, 0.2) is 24.3 Å². The van der Waals surface area contributed by atoms with E-state index in [0.717, 1.165) is 18.0 Å². The van der Waals surface area contributed by atoms with Gasteiger partial charge in [-0.15, -0.1) is 0 Å². The van der Waals surface area contributed by atoms with E-state index in [1.807, 2.05) is 12.1 Å². The molecule has 0 atom stereocenters. The number of hydrogen-bond acceptors (Lipinski definition) is 3. The number of anilines is 1. The molecule has 0 spiro atoms. The summed E-state index contributed by atoms with van der Waals surface area (Å²) in [7, 11) is 0. The van der Waals surface area contributed by atoms with Crippen molar-refractivity contribution in [2.45, 2.75) is 0 Å². The Morgan fingerprint density at radius 2 is 2.07 bits per heavy atom. The Balaban J connectivity index is 2.51.